The van der Waals surface area contributed by atoms with E-state index >= 15 is 0 Å². The molecule has 1 unspecified atom stereocenters. The molecule has 0 aromatic rings. The lowest BCUT2D eigenvalue weighted by molar-refractivity contribution is -0.167. The number of esters is 3. The van der Waals surface area contributed by atoms with Gasteiger partial charge >= 0.3 is 17.9 Å². The van der Waals surface area contributed by atoms with Crippen molar-refractivity contribution in [3.05, 3.63) is 36.5 Å². The van der Waals surface area contributed by atoms with E-state index in [9.17, 15) is 14.4 Å². The van der Waals surface area contributed by atoms with Crippen molar-refractivity contribution in [2.75, 3.05) is 13.2 Å². The Labute approximate surface area is 499 Å². The first-order chi connectivity index (χ1) is 39.5. The number of hydrogen-bond acceptors (Lipinski definition) is 6. The van der Waals surface area contributed by atoms with Crippen LogP contribution in [0.15, 0.2) is 36.5 Å². The maximum absolute atomic E-state index is 13.0. The van der Waals surface area contributed by atoms with Gasteiger partial charge in [-0.15, -0.1) is 0 Å². The average Bonchev–Trinajstić information content (AvgIpc) is 3.46. The molecule has 0 amide bonds. The Balaban J connectivity index is 4.21. The van der Waals surface area contributed by atoms with Crippen molar-refractivity contribution >= 4 is 17.9 Å². The molecule has 470 valence electrons. The number of rotatable bonds is 67. The largest absolute Gasteiger partial charge is 0.462 e. The third-order valence-corrected chi connectivity index (χ3v) is 16.4. The van der Waals surface area contributed by atoms with Crippen molar-refractivity contribution in [3.8, 4) is 0 Å². The Kier molecular flexibility index (Phi) is 67.1. The average molecular weight is 1120 g/mol. The van der Waals surface area contributed by atoms with Gasteiger partial charge in [0, 0.05) is 19.3 Å². The fraction of sp³-hybridized carbons (Fsp3) is 0.878. The van der Waals surface area contributed by atoms with Crippen LogP contribution < -0.4 is 0 Å². The molecule has 0 aliphatic carbocycles. The minimum absolute atomic E-state index is 0.0757. The Morgan fingerprint density at radius 1 is 0.263 bits per heavy atom. The molecule has 0 spiro atoms. The summed E-state index contributed by atoms with van der Waals surface area (Å²) >= 11 is 0. The molecule has 0 aromatic heterocycles. The molecule has 0 aromatic carbocycles. The van der Waals surface area contributed by atoms with Crippen LogP contribution in [-0.2, 0) is 28.6 Å². The van der Waals surface area contributed by atoms with E-state index in [4.69, 9.17) is 14.2 Å². The quantitative estimate of drug-likeness (QED) is 0.0261. The maximum Gasteiger partial charge on any atom is 0.306 e. The van der Waals surface area contributed by atoms with Crippen LogP contribution >= 0.6 is 0 Å². The second-order valence-electron chi connectivity index (χ2n) is 24.5. The van der Waals surface area contributed by atoms with Gasteiger partial charge in [0.15, 0.2) is 6.10 Å². The molecule has 0 radical (unpaired) electrons. The van der Waals surface area contributed by atoms with Crippen LogP contribution in [0.3, 0.4) is 0 Å². The zero-order chi connectivity index (χ0) is 57.8. The maximum atomic E-state index is 13.0. The number of allylic oxidation sites excluding steroid dienone is 6. The predicted octanol–water partition coefficient (Wildman–Crippen LogP) is 24.7. The molecule has 0 aliphatic heterocycles. The van der Waals surface area contributed by atoms with E-state index in [0.717, 1.165) is 83.5 Å². The summed E-state index contributed by atoms with van der Waals surface area (Å²) < 4.78 is 17.0. The van der Waals surface area contributed by atoms with Gasteiger partial charge < -0.3 is 14.2 Å². The van der Waals surface area contributed by atoms with Gasteiger partial charge in [-0.1, -0.05) is 365 Å². The smallest absolute Gasteiger partial charge is 0.306 e. The molecule has 0 aliphatic rings. The number of carbonyl (C=O) groups excluding carboxylic acids is 3. The van der Waals surface area contributed by atoms with E-state index in [2.05, 4.69) is 57.2 Å². The lowest BCUT2D eigenvalue weighted by atomic mass is 10.0. The van der Waals surface area contributed by atoms with Crippen LogP contribution in [0.4, 0.5) is 0 Å². The number of ether oxygens (including phenoxy) is 3. The molecule has 0 rings (SSSR count). The molecular formula is C74H138O6. The van der Waals surface area contributed by atoms with Gasteiger partial charge in [-0.25, -0.2) is 0 Å². The highest BCUT2D eigenvalue weighted by Crippen LogP contribution is 2.19. The minimum Gasteiger partial charge on any atom is -0.462 e. The van der Waals surface area contributed by atoms with Crippen molar-refractivity contribution < 1.29 is 28.6 Å². The summed E-state index contributed by atoms with van der Waals surface area (Å²) in [6.07, 6.45) is 86.2. The van der Waals surface area contributed by atoms with Crippen LogP contribution in [0.1, 0.15) is 400 Å². The van der Waals surface area contributed by atoms with Crippen molar-refractivity contribution in [1.29, 1.82) is 0 Å². The Morgan fingerprint density at radius 3 is 0.762 bits per heavy atom. The predicted molar refractivity (Wildman–Crippen MR) is 349 cm³/mol. The molecule has 0 N–H and O–H groups in total. The Hall–Kier alpha value is -2.37. The molecule has 0 saturated carbocycles. The summed E-state index contributed by atoms with van der Waals surface area (Å²) in [5.74, 6) is -0.876. The SMILES string of the molecule is CC/C=C\C/C=C\C/C=C\CCCCCC(=O)OCC(COC(=O)CCCCCCCCCCCCCCCCCCCCCCCCCCC)OC(=O)CCCCCCCCCCCCCCCCCCCCCCCCCC. The van der Waals surface area contributed by atoms with Gasteiger partial charge in [0.2, 0.25) is 0 Å². The monoisotopic (exact) mass is 1120 g/mol. The first-order valence-corrected chi connectivity index (χ1v) is 36.0. The van der Waals surface area contributed by atoms with E-state index in [1.807, 2.05) is 0 Å². The van der Waals surface area contributed by atoms with Gasteiger partial charge in [0.05, 0.1) is 0 Å². The fourth-order valence-electron chi connectivity index (χ4n) is 11.1. The second kappa shape index (κ2) is 69.1. The minimum atomic E-state index is -0.782. The Bertz CT molecular complexity index is 1340. The van der Waals surface area contributed by atoms with E-state index in [-0.39, 0.29) is 31.1 Å². The molecule has 6 heteroatoms. The van der Waals surface area contributed by atoms with Crippen LogP contribution in [-0.4, -0.2) is 37.2 Å². The van der Waals surface area contributed by atoms with E-state index in [1.165, 1.54) is 276 Å². The summed E-state index contributed by atoms with van der Waals surface area (Å²) in [6.45, 7) is 6.59. The second-order valence-corrected chi connectivity index (χ2v) is 24.5. The van der Waals surface area contributed by atoms with Gasteiger partial charge in [-0.3, -0.25) is 14.4 Å². The molecule has 6 nitrogen and oxygen atoms in total. The summed E-state index contributed by atoms with van der Waals surface area (Å²) in [4.78, 5) is 38.4. The topological polar surface area (TPSA) is 78.9 Å². The summed E-state index contributed by atoms with van der Waals surface area (Å²) in [7, 11) is 0. The van der Waals surface area contributed by atoms with E-state index in [0.29, 0.717) is 19.3 Å². The fourth-order valence-corrected chi connectivity index (χ4v) is 11.1. The third kappa shape index (κ3) is 66.4. The standard InChI is InChI=1S/C74H138O6/c1-4-7-10-13-16-19-22-25-27-29-31-33-35-37-39-40-42-44-46-49-52-55-58-61-64-67-73(76)79-70-71(69-78-72(75)66-63-60-57-54-51-48-24-21-18-15-12-9-6-3)80-74(77)68-65-62-59-56-53-50-47-45-43-41-38-36-34-32-30-28-26-23-20-17-14-11-8-5-2/h9,12,18,21,48,51,71H,4-8,10-11,13-17,19-20,22-47,49-50,52-70H2,1-3H3/b12-9-,21-18-,51-48-. The van der Waals surface area contributed by atoms with Crippen molar-refractivity contribution in [2.45, 2.75) is 406 Å². The zero-order valence-corrected chi connectivity index (χ0v) is 54.1. The molecule has 0 fully saturated rings. The Morgan fingerprint density at radius 2 is 0.487 bits per heavy atom. The lowest BCUT2D eigenvalue weighted by Crippen LogP contribution is -2.30. The summed E-state index contributed by atoms with van der Waals surface area (Å²) in [5.41, 5.74) is 0. The molecule has 1 atom stereocenters. The summed E-state index contributed by atoms with van der Waals surface area (Å²) in [6, 6.07) is 0. The van der Waals surface area contributed by atoms with Gasteiger partial charge in [0.1, 0.15) is 13.2 Å². The van der Waals surface area contributed by atoms with E-state index < -0.39 is 6.10 Å². The zero-order valence-electron chi connectivity index (χ0n) is 54.1. The normalized spacial score (nSPS) is 12.2. The molecule has 80 heavy (non-hydrogen) atoms. The first-order valence-electron chi connectivity index (χ1n) is 36.0. The van der Waals surface area contributed by atoms with E-state index in [1.54, 1.807) is 0 Å². The van der Waals surface area contributed by atoms with Crippen LogP contribution in [0.5, 0.6) is 0 Å². The molecular weight excluding hydrogens is 985 g/mol. The lowest BCUT2D eigenvalue weighted by Gasteiger charge is -2.18. The van der Waals surface area contributed by atoms with Crippen molar-refractivity contribution in [1.82, 2.24) is 0 Å². The van der Waals surface area contributed by atoms with Crippen LogP contribution in [0, 0.1) is 0 Å². The van der Waals surface area contributed by atoms with Crippen LogP contribution in [0.25, 0.3) is 0 Å². The molecule has 0 bridgehead atoms. The van der Waals surface area contributed by atoms with Crippen molar-refractivity contribution in [3.63, 3.8) is 0 Å². The van der Waals surface area contributed by atoms with Gasteiger partial charge in [-0.2, -0.15) is 0 Å². The highest BCUT2D eigenvalue weighted by atomic mass is 16.6. The van der Waals surface area contributed by atoms with Crippen molar-refractivity contribution in [2.24, 2.45) is 0 Å². The number of carbonyl (C=O) groups is 3. The number of hydrogen-bond donors (Lipinski definition) is 0. The highest BCUT2D eigenvalue weighted by molar-refractivity contribution is 5.71. The highest BCUT2D eigenvalue weighted by Gasteiger charge is 2.19. The van der Waals surface area contributed by atoms with Gasteiger partial charge in [0.25, 0.3) is 0 Å². The van der Waals surface area contributed by atoms with Gasteiger partial charge in [-0.05, 0) is 51.4 Å². The van der Waals surface area contributed by atoms with Crippen LogP contribution in [0.2, 0.25) is 0 Å². The molecule has 0 saturated heterocycles. The first kappa shape index (κ1) is 77.6. The summed E-state index contributed by atoms with van der Waals surface area (Å²) in [5, 5.41) is 0. The molecule has 0 heterocycles. The third-order valence-electron chi connectivity index (χ3n) is 16.4. The number of unbranched alkanes of at least 4 members (excludes halogenated alkanes) is 50.